The van der Waals surface area contributed by atoms with E-state index in [1.54, 1.807) is 11.8 Å². The zero-order valence-corrected chi connectivity index (χ0v) is 10.7. The molecule has 1 saturated carbocycles. The predicted octanol–water partition coefficient (Wildman–Crippen LogP) is -0.582. The van der Waals surface area contributed by atoms with Gasteiger partial charge in [-0.2, -0.15) is 11.8 Å². The summed E-state index contributed by atoms with van der Waals surface area (Å²) in [4.78, 5) is 22.7. The number of amides is 3. The van der Waals surface area contributed by atoms with Crippen LogP contribution in [0.4, 0.5) is 4.79 Å². The third-order valence-electron chi connectivity index (χ3n) is 2.79. The van der Waals surface area contributed by atoms with Gasteiger partial charge in [0.1, 0.15) is 6.04 Å². The molecule has 98 valence electrons. The summed E-state index contributed by atoms with van der Waals surface area (Å²) in [6.07, 6.45) is 4.01. The highest BCUT2D eigenvalue weighted by molar-refractivity contribution is 7.98. The fraction of sp³-hybridized carbons (Fsp3) is 0.800. The van der Waals surface area contributed by atoms with E-state index in [0.29, 0.717) is 6.42 Å². The maximum atomic E-state index is 11.9. The quantitative estimate of drug-likeness (QED) is 0.492. The van der Waals surface area contributed by atoms with E-state index in [9.17, 15) is 9.59 Å². The molecule has 0 aromatic carbocycles. The summed E-state index contributed by atoms with van der Waals surface area (Å²) in [5, 5.41) is 14.3. The lowest BCUT2D eigenvalue weighted by Gasteiger charge is -2.21. The number of hydrogen-bond donors (Lipinski definition) is 4. The number of carbonyl (C=O) groups is 2. The topological polar surface area (TPSA) is 104 Å². The minimum Gasteiger partial charge on any atom is -0.394 e. The van der Waals surface area contributed by atoms with Crippen LogP contribution in [0.1, 0.15) is 19.3 Å². The van der Waals surface area contributed by atoms with Crippen molar-refractivity contribution in [2.75, 3.05) is 18.6 Å². The van der Waals surface area contributed by atoms with E-state index in [-0.39, 0.29) is 12.5 Å². The van der Waals surface area contributed by atoms with Gasteiger partial charge in [-0.3, -0.25) is 4.79 Å². The average molecular weight is 261 g/mol. The molecule has 1 unspecified atom stereocenters. The van der Waals surface area contributed by atoms with E-state index in [2.05, 4.69) is 10.6 Å². The zero-order valence-electron chi connectivity index (χ0n) is 9.86. The first-order chi connectivity index (χ1) is 8.03. The van der Waals surface area contributed by atoms with E-state index in [0.717, 1.165) is 18.6 Å². The van der Waals surface area contributed by atoms with Crippen molar-refractivity contribution in [3.05, 3.63) is 0 Å². The summed E-state index contributed by atoms with van der Waals surface area (Å²) in [6.45, 7) is -0.0649. The van der Waals surface area contributed by atoms with Crippen LogP contribution in [0.2, 0.25) is 0 Å². The second-order valence-corrected chi connectivity index (χ2v) is 5.26. The fourth-order valence-corrected chi connectivity index (χ4v) is 1.97. The van der Waals surface area contributed by atoms with Crippen LogP contribution in [0.25, 0.3) is 0 Å². The van der Waals surface area contributed by atoms with Crippen LogP contribution in [0.3, 0.4) is 0 Å². The Kier molecular flexibility index (Phi) is 5.07. The smallest absolute Gasteiger partial charge is 0.312 e. The first-order valence-electron chi connectivity index (χ1n) is 5.51. The summed E-state index contributed by atoms with van der Waals surface area (Å²) >= 11 is 1.59. The summed E-state index contributed by atoms with van der Waals surface area (Å²) in [5.41, 5.74) is 4.56. The minimum absolute atomic E-state index is 0.0649. The lowest BCUT2D eigenvalue weighted by Crippen LogP contribution is -2.52. The number of rotatable bonds is 7. The van der Waals surface area contributed by atoms with Crippen LogP contribution < -0.4 is 16.4 Å². The number of carbonyl (C=O) groups excluding carboxylic acids is 2. The molecule has 5 N–H and O–H groups in total. The maximum Gasteiger partial charge on any atom is 0.312 e. The van der Waals surface area contributed by atoms with E-state index in [1.165, 1.54) is 0 Å². The molecule has 0 aromatic rings. The van der Waals surface area contributed by atoms with Crippen molar-refractivity contribution in [1.82, 2.24) is 10.6 Å². The molecule has 1 rings (SSSR count). The highest BCUT2D eigenvalue weighted by Crippen LogP contribution is 2.34. The number of nitrogens with one attached hydrogen (secondary N) is 2. The fourth-order valence-electron chi connectivity index (χ4n) is 1.50. The predicted molar refractivity (Wildman–Crippen MR) is 66.7 cm³/mol. The van der Waals surface area contributed by atoms with Gasteiger partial charge in [-0.25, -0.2) is 4.79 Å². The van der Waals surface area contributed by atoms with Gasteiger partial charge in [0.25, 0.3) is 0 Å². The van der Waals surface area contributed by atoms with Gasteiger partial charge >= 0.3 is 6.03 Å². The van der Waals surface area contributed by atoms with Gasteiger partial charge in [-0.1, -0.05) is 0 Å². The van der Waals surface area contributed by atoms with E-state index < -0.39 is 17.6 Å². The first kappa shape index (κ1) is 14.1. The number of primary amides is 1. The number of aliphatic hydroxyl groups is 1. The first-order valence-corrected chi connectivity index (χ1v) is 6.90. The van der Waals surface area contributed by atoms with Gasteiger partial charge in [-0.05, 0) is 31.3 Å². The molecule has 0 aromatic heterocycles. The van der Waals surface area contributed by atoms with Crippen molar-refractivity contribution in [1.29, 1.82) is 0 Å². The van der Waals surface area contributed by atoms with E-state index >= 15 is 0 Å². The van der Waals surface area contributed by atoms with Crippen molar-refractivity contribution < 1.29 is 14.7 Å². The van der Waals surface area contributed by atoms with Crippen LogP contribution >= 0.6 is 11.8 Å². The minimum atomic E-state index is -0.708. The largest absolute Gasteiger partial charge is 0.394 e. The van der Waals surface area contributed by atoms with Crippen molar-refractivity contribution in [3.63, 3.8) is 0 Å². The van der Waals surface area contributed by atoms with Gasteiger partial charge in [0, 0.05) is 0 Å². The number of nitrogens with two attached hydrogens (primary N) is 1. The van der Waals surface area contributed by atoms with Crippen LogP contribution in [-0.4, -0.2) is 47.2 Å². The average Bonchev–Trinajstić information content (AvgIpc) is 3.04. The van der Waals surface area contributed by atoms with Crippen molar-refractivity contribution >= 4 is 23.7 Å². The maximum absolute atomic E-state index is 11.9. The molecule has 0 radical (unpaired) electrons. The molecule has 0 saturated heterocycles. The summed E-state index contributed by atoms with van der Waals surface area (Å²) < 4.78 is 0. The number of urea groups is 1. The van der Waals surface area contributed by atoms with Crippen LogP contribution in [0, 0.1) is 0 Å². The molecule has 0 spiro atoms. The number of thioether (sulfide) groups is 1. The summed E-state index contributed by atoms with van der Waals surface area (Å²) in [6, 6.07) is -1.33. The van der Waals surface area contributed by atoms with Crippen LogP contribution in [0.15, 0.2) is 0 Å². The Morgan fingerprint density at radius 3 is 2.59 bits per heavy atom. The molecule has 6 nitrogen and oxygen atoms in total. The zero-order chi connectivity index (χ0) is 12.9. The second kappa shape index (κ2) is 6.11. The van der Waals surface area contributed by atoms with Gasteiger partial charge in [0.2, 0.25) is 5.91 Å². The SMILES string of the molecule is CSCCC(NC(N)=O)C(=O)NC1(CO)CC1. The van der Waals surface area contributed by atoms with Gasteiger partial charge in [0.15, 0.2) is 0 Å². The molecule has 1 fully saturated rings. The van der Waals surface area contributed by atoms with Gasteiger partial charge in [-0.15, -0.1) is 0 Å². The highest BCUT2D eigenvalue weighted by atomic mass is 32.2. The Morgan fingerprint density at radius 2 is 2.18 bits per heavy atom. The van der Waals surface area contributed by atoms with Crippen molar-refractivity contribution in [2.45, 2.75) is 30.8 Å². The second-order valence-electron chi connectivity index (χ2n) is 4.27. The molecule has 0 aliphatic heterocycles. The summed E-state index contributed by atoms with van der Waals surface area (Å²) in [5.74, 6) is 0.481. The monoisotopic (exact) mass is 261 g/mol. The van der Waals surface area contributed by atoms with E-state index in [1.807, 2.05) is 6.26 Å². The molecule has 3 amide bonds. The molecule has 17 heavy (non-hydrogen) atoms. The Morgan fingerprint density at radius 1 is 1.53 bits per heavy atom. The standard InChI is InChI=1S/C10H19N3O3S/c1-17-5-2-7(12-9(11)16)8(15)13-10(6-14)3-4-10/h7,14H,2-6H2,1H3,(H,13,15)(H3,11,12,16). The van der Waals surface area contributed by atoms with E-state index in [4.69, 9.17) is 10.8 Å². The molecule has 1 atom stereocenters. The molecule has 1 aliphatic rings. The molecule has 1 aliphatic carbocycles. The van der Waals surface area contributed by atoms with Crippen molar-refractivity contribution in [2.24, 2.45) is 5.73 Å². The molecule has 0 bridgehead atoms. The third kappa shape index (κ3) is 4.43. The highest BCUT2D eigenvalue weighted by Gasteiger charge is 2.44. The molecule has 7 heteroatoms. The Bertz CT molecular complexity index is 295. The Labute approximate surface area is 105 Å². The lowest BCUT2D eigenvalue weighted by atomic mass is 10.2. The normalized spacial score (nSPS) is 18.2. The van der Waals surface area contributed by atoms with Gasteiger partial charge < -0.3 is 21.5 Å². The molecular weight excluding hydrogens is 242 g/mol. The molecule has 0 heterocycles. The van der Waals surface area contributed by atoms with Crippen LogP contribution in [0.5, 0.6) is 0 Å². The number of hydrogen-bond acceptors (Lipinski definition) is 4. The van der Waals surface area contributed by atoms with Crippen LogP contribution in [-0.2, 0) is 4.79 Å². The third-order valence-corrected chi connectivity index (χ3v) is 3.43. The lowest BCUT2D eigenvalue weighted by molar-refractivity contribution is -0.124. The Hall–Kier alpha value is -0.950. The van der Waals surface area contributed by atoms with Crippen molar-refractivity contribution in [3.8, 4) is 0 Å². The Balaban J connectivity index is 2.49. The number of aliphatic hydroxyl groups excluding tert-OH is 1. The van der Waals surface area contributed by atoms with Gasteiger partial charge in [0.05, 0.1) is 12.1 Å². The summed E-state index contributed by atoms with van der Waals surface area (Å²) in [7, 11) is 0. The molecular formula is C10H19N3O3S.